The summed E-state index contributed by atoms with van der Waals surface area (Å²) in [5.41, 5.74) is -0.393. The van der Waals surface area contributed by atoms with Gasteiger partial charge in [-0.15, -0.1) is 0 Å². The van der Waals surface area contributed by atoms with Crippen molar-refractivity contribution in [3.05, 3.63) is 0 Å². The van der Waals surface area contributed by atoms with Crippen LogP contribution >= 0.6 is 0 Å². The van der Waals surface area contributed by atoms with Crippen molar-refractivity contribution in [1.82, 2.24) is 10.2 Å². The zero-order chi connectivity index (χ0) is 13.2. The lowest BCUT2D eigenvalue weighted by atomic mass is 10.0. The molecule has 2 aliphatic rings. The van der Waals surface area contributed by atoms with Gasteiger partial charge in [0.05, 0.1) is 0 Å². The Bertz CT molecular complexity index is 293. The van der Waals surface area contributed by atoms with E-state index in [1.807, 2.05) is 25.7 Å². The van der Waals surface area contributed by atoms with Crippen molar-refractivity contribution in [3.8, 4) is 0 Å². The van der Waals surface area contributed by atoms with Gasteiger partial charge in [0.15, 0.2) is 0 Å². The predicted octanol–water partition coefficient (Wildman–Crippen LogP) is 2.53. The second kappa shape index (κ2) is 5.47. The third kappa shape index (κ3) is 3.61. The maximum atomic E-state index is 12.1. The molecule has 4 nitrogen and oxygen atoms in total. The molecule has 2 heterocycles. The standard InChI is InChI=1S/C14H26N2O2/c1-14(2,3)18-13(17)16-9-5-7-12(16)10-11-6-4-8-15-11/h11-12,15H,4-10H2,1-3H3. The smallest absolute Gasteiger partial charge is 0.410 e. The predicted molar refractivity (Wildman–Crippen MR) is 71.6 cm³/mol. The Morgan fingerprint density at radius 2 is 2.11 bits per heavy atom. The van der Waals surface area contributed by atoms with Crippen molar-refractivity contribution in [2.24, 2.45) is 0 Å². The van der Waals surface area contributed by atoms with E-state index in [-0.39, 0.29) is 6.09 Å². The fourth-order valence-electron chi connectivity index (χ4n) is 2.93. The first-order valence-electron chi connectivity index (χ1n) is 7.19. The van der Waals surface area contributed by atoms with Crippen molar-refractivity contribution in [2.75, 3.05) is 13.1 Å². The maximum Gasteiger partial charge on any atom is 0.410 e. The van der Waals surface area contributed by atoms with E-state index < -0.39 is 5.60 Å². The molecule has 0 saturated carbocycles. The van der Waals surface area contributed by atoms with E-state index >= 15 is 0 Å². The Kier molecular flexibility index (Phi) is 4.15. The molecule has 0 aliphatic carbocycles. The summed E-state index contributed by atoms with van der Waals surface area (Å²) in [7, 11) is 0. The average molecular weight is 254 g/mol. The lowest BCUT2D eigenvalue weighted by Gasteiger charge is -2.29. The van der Waals surface area contributed by atoms with E-state index in [1.165, 1.54) is 12.8 Å². The van der Waals surface area contributed by atoms with Crippen LogP contribution in [0.1, 0.15) is 52.9 Å². The van der Waals surface area contributed by atoms with Crippen LogP contribution in [-0.2, 0) is 4.74 Å². The van der Waals surface area contributed by atoms with Gasteiger partial charge in [0, 0.05) is 18.6 Å². The van der Waals surface area contributed by atoms with E-state index in [9.17, 15) is 4.79 Å². The molecule has 0 aromatic heterocycles. The van der Waals surface area contributed by atoms with Gasteiger partial charge in [-0.25, -0.2) is 4.79 Å². The molecule has 2 unspecified atom stereocenters. The summed E-state index contributed by atoms with van der Waals surface area (Å²) in [5, 5.41) is 3.51. The molecule has 2 atom stereocenters. The summed E-state index contributed by atoms with van der Waals surface area (Å²) >= 11 is 0. The third-order valence-corrected chi connectivity index (χ3v) is 3.72. The molecule has 0 radical (unpaired) electrons. The highest BCUT2D eigenvalue weighted by Gasteiger charge is 2.33. The molecule has 0 aromatic rings. The first-order valence-corrected chi connectivity index (χ1v) is 7.19. The molecule has 0 spiro atoms. The number of amides is 1. The van der Waals surface area contributed by atoms with Gasteiger partial charge >= 0.3 is 6.09 Å². The molecular weight excluding hydrogens is 228 g/mol. The highest BCUT2D eigenvalue weighted by atomic mass is 16.6. The molecule has 2 aliphatic heterocycles. The van der Waals surface area contributed by atoms with Gasteiger partial charge in [0.25, 0.3) is 0 Å². The number of hydrogen-bond acceptors (Lipinski definition) is 3. The van der Waals surface area contributed by atoms with Crippen LogP contribution in [0.2, 0.25) is 0 Å². The zero-order valence-corrected chi connectivity index (χ0v) is 11.9. The van der Waals surface area contributed by atoms with E-state index in [0.717, 1.165) is 32.4 Å². The fourth-order valence-corrected chi connectivity index (χ4v) is 2.93. The van der Waals surface area contributed by atoms with Crippen LogP contribution in [0.5, 0.6) is 0 Å². The van der Waals surface area contributed by atoms with E-state index in [4.69, 9.17) is 4.74 Å². The summed E-state index contributed by atoms with van der Waals surface area (Å²) in [4.78, 5) is 14.1. The maximum absolute atomic E-state index is 12.1. The molecule has 0 bridgehead atoms. The largest absolute Gasteiger partial charge is 0.444 e. The van der Waals surface area contributed by atoms with Gasteiger partial charge in [-0.1, -0.05) is 0 Å². The number of hydrogen-bond donors (Lipinski definition) is 1. The lowest BCUT2D eigenvalue weighted by Crippen LogP contribution is -2.42. The normalized spacial score (nSPS) is 28.7. The van der Waals surface area contributed by atoms with Crippen LogP contribution in [0.3, 0.4) is 0 Å². The second-order valence-electron chi connectivity index (χ2n) is 6.50. The van der Waals surface area contributed by atoms with Gasteiger partial charge in [-0.2, -0.15) is 0 Å². The van der Waals surface area contributed by atoms with Gasteiger partial charge in [-0.05, 0) is 59.4 Å². The quantitative estimate of drug-likeness (QED) is 0.823. The summed E-state index contributed by atoms with van der Waals surface area (Å²) in [5.74, 6) is 0. The molecule has 2 saturated heterocycles. The Morgan fingerprint density at radius 1 is 1.33 bits per heavy atom. The van der Waals surface area contributed by atoms with Gasteiger partial charge in [0.1, 0.15) is 5.60 Å². The monoisotopic (exact) mass is 254 g/mol. The number of nitrogens with one attached hydrogen (secondary N) is 1. The second-order valence-corrected chi connectivity index (χ2v) is 6.50. The Hall–Kier alpha value is -0.770. The molecular formula is C14H26N2O2. The van der Waals surface area contributed by atoms with Gasteiger partial charge < -0.3 is 15.0 Å². The van der Waals surface area contributed by atoms with Crippen molar-refractivity contribution < 1.29 is 9.53 Å². The van der Waals surface area contributed by atoms with Crippen LogP contribution in [0, 0.1) is 0 Å². The lowest BCUT2D eigenvalue weighted by molar-refractivity contribution is 0.0214. The van der Waals surface area contributed by atoms with Gasteiger partial charge in [0.2, 0.25) is 0 Å². The van der Waals surface area contributed by atoms with Crippen LogP contribution in [-0.4, -0.2) is 41.8 Å². The molecule has 1 amide bonds. The van der Waals surface area contributed by atoms with Crippen molar-refractivity contribution in [2.45, 2.75) is 70.6 Å². The Labute approximate surface area is 110 Å². The molecule has 2 rings (SSSR count). The fraction of sp³-hybridized carbons (Fsp3) is 0.929. The van der Waals surface area contributed by atoms with Crippen molar-refractivity contribution >= 4 is 6.09 Å². The average Bonchev–Trinajstić information content (AvgIpc) is 2.86. The molecule has 2 fully saturated rings. The topological polar surface area (TPSA) is 41.6 Å². The number of rotatable bonds is 2. The Morgan fingerprint density at radius 3 is 2.72 bits per heavy atom. The minimum absolute atomic E-state index is 0.136. The summed E-state index contributed by atoms with van der Waals surface area (Å²) in [6, 6.07) is 0.966. The molecule has 104 valence electrons. The van der Waals surface area contributed by atoms with Crippen LogP contribution in [0.25, 0.3) is 0 Å². The summed E-state index contributed by atoms with van der Waals surface area (Å²) < 4.78 is 5.48. The molecule has 1 N–H and O–H groups in total. The van der Waals surface area contributed by atoms with E-state index in [2.05, 4.69) is 5.32 Å². The minimum Gasteiger partial charge on any atom is -0.444 e. The molecule has 0 aromatic carbocycles. The number of carbonyl (C=O) groups is 1. The van der Waals surface area contributed by atoms with Crippen LogP contribution in [0.4, 0.5) is 4.79 Å². The van der Waals surface area contributed by atoms with E-state index in [1.54, 1.807) is 0 Å². The van der Waals surface area contributed by atoms with Crippen molar-refractivity contribution in [3.63, 3.8) is 0 Å². The van der Waals surface area contributed by atoms with E-state index in [0.29, 0.717) is 12.1 Å². The van der Waals surface area contributed by atoms with Crippen molar-refractivity contribution in [1.29, 1.82) is 0 Å². The third-order valence-electron chi connectivity index (χ3n) is 3.72. The number of nitrogens with zero attached hydrogens (tertiary/aromatic N) is 1. The highest BCUT2D eigenvalue weighted by Crippen LogP contribution is 2.25. The van der Waals surface area contributed by atoms with Crippen LogP contribution < -0.4 is 5.32 Å². The number of carbonyl (C=O) groups excluding carboxylic acids is 1. The van der Waals surface area contributed by atoms with Crippen LogP contribution in [0.15, 0.2) is 0 Å². The zero-order valence-electron chi connectivity index (χ0n) is 11.9. The highest BCUT2D eigenvalue weighted by molar-refractivity contribution is 5.68. The SMILES string of the molecule is CC(C)(C)OC(=O)N1CCCC1CC1CCCN1. The van der Waals surface area contributed by atoms with Gasteiger partial charge in [-0.3, -0.25) is 0 Å². The first-order chi connectivity index (χ1) is 8.46. The first kappa shape index (κ1) is 13.7. The number of likely N-dealkylation sites (tertiary alicyclic amines) is 1. The number of ether oxygens (including phenoxy) is 1. The minimum atomic E-state index is -0.393. The summed E-state index contributed by atoms with van der Waals surface area (Å²) in [6.45, 7) is 7.76. The molecule has 18 heavy (non-hydrogen) atoms. The Balaban J connectivity index is 1.88. The summed E-state index contributed by atoms with van der Waals surface area (Å²) in [6.07, 6.45) is 5.69. The molecule has 4 heteroatoms.